The summed E-state index contributed by atoms with van der Waals surface area (Å²) in [5.41, 5.74) is 1.45. The Morgan fingerprint density at radius 2 is 1.49 bits per heavy atom. The Morgan fingerprint density at radius 1 is 0.860 bits per heavy atom. The van der Waals surface area contributed by atoms with Crippen LogP contribution in [0.3, 0.4) is 0 Å². The Balaban J connectivity index is 1.22. The highest BCUT2D eigenvalue weighted by Gasteiger charge is 2.26. The van der Waals surface area contributed by atoms with Crippen molar-refractivity contribution in [1.82, 2.24) is 10.2 Å². The van der Waals surface area contributed by atoms with Crippen molar-refractivity contribution in [3.05, 3.63) is 59.7 Å². The molecule has 1 aliphatic heterocycles. The molecule has 7 nitrogen and oxygen atoms in total. The fourth-order valence-electron chi connectivity index (χ4n) is 6.23. The predicted molar refractivity (Wildman–Crippen MR) is 171 cm³/mol. The third-order valence-electron chi connectivity index (χ3n) is 8.83. The second kappa shape index (κ2) is 18.0. The van der Waals surface area contributed by atoms with Crippen molar-refractivity contribution in [1.29, 1.82) is 0 Å². The van der Waals surface area contributed by atoms with Crippen LogP contribution in [0.2, 0.25) is 0 Å². The van der Waals surface area contributed by atoms with Gasteiger partial charge in [0.05, 0.1) is 19.3 Å². The van der Waals surface area contributed by atoms with Crippen LogP contribution < -0.4 is 14.8 Å². The van der Waals surface area contributed by atoms with Gasteiger partial charge in [-0.15, -0.1) is 0 Å². The second-order valence-corrected chi connectivity index (χ2v) is 12.3. The van der Waals surface area contributed by atoms with Gasteiger partial charge in [-0.05, 0) is 99.5 Å². The van der Waals surface area contributed by atoms with Crippen LogP contribution >= 0.6 is 0 Å². The number of ether oxygens (including phenoxy) is 2. The van der Waals surface area contributed by atoms with Crippen LogP contribution in [0, 0.1) is 5.92 Å². The molecule has 0 bridgehead atoms. The summed E-state index contributed by atoms with van der Waals surface area (Å²) >= 11 is 0. The third kappa shape index (κ3) is 11.3. The second-order valence-electron chi connectivity index (χ2n) is 12.3. The maximum Gasteiger partial charge on any atom is 0.220 e. The van der Waals surface area contributed by atoms with Crippen molar-refractivity contribution >= 4 is 11.7 Å². The van der Waals surface area contributed by atoms with E-state index in [0.717, 1.165) is 68.4 Å². The zero-order valence-corrected chi connectivity index (χ0v) is 26.1. The molecular weight excluding hydrogens is 540 g/mol. The number of nitrogens with zero attached hydrogens (tertiary/aromatic N) is 1. The molecule has 2 fully saturated rings. The molecule has 1 aliphatic carbocycles. The minimum Gasteiger partial charge on any atom is -0.494 e. The maximum absolute atomic E-state index is 12.9. The number of Topliss-reactive ketones (excluding diaryl/α,β-unsaturated/α-hetero) is 1. The van der Waals surface area contributed by atoms with Gasteiger partial charge in [-0.25, -0.2) is 0 Å². The molecule has 0 radical (unpaired) electrons. The summed E-state index contributed by atoms with van der Waals surface area (Å²) in [6.07, 6.45) is 12.2. The van der Waals surface area contributed by atoms with E-state index in [-0.39, 0.29) is 11.7 Å². The minimum atomic E-state index is -0.813. The molecule has 1 amide bonds. The highest BCUT2D eigenvalue weighted by Crippen LogP contribution is 2.27. The number of nitrogens with one attached hydrogen (secondary N) is 1. The SMILES string of the molecule is CCCOc1ccc(C(=O)CCCCC(=O)N[C@H](CN2CCCC2)[C@H](O)c2ccc(OCCC3CCCCC3)cc2)cc1. The average Bonchev–Trinajstić information content (AvgIpc) is 3.56. The summed E-state index contributed by atoms with van der Waals surface area (Å²) in [7, 11) is 0. The van der Waals surface area contributed by atoms with Crippen LogP contribution in [-0.4, -0.2) is 60.6 Å². The molecule has 2 aromatic carbocycles. The summed E-state index contributed by atoms with van der Waals surface area (Å²) in [6.45, 7) is 6.03. The normalized spacial score (nSPS) is 17.3. The third-order valence-corrected chi connectivity index (χ3v) is 8.83. The van der Waals surface area contributed by atoms with Crippen molar-refractivity contribution in [2.45, 2.75) is 103 Å². The molecule has 0 aromatic heterocycles. The summed E-state index contributed by atoms with van der Waals surface area (Å²) in [5.74, 6) is 2.37. The summed E-state index contributed by atoms with van der Waals surface area (Å²) in [4.78, 5) is 27.9. The van der Waals surface area contributed by atoms with Crippen molar-refractivity contribution < 1.29 is 24.2 Å². The molecule has 0 unspecified atom stereocenters. The van der Waals surface area contributed by atoms with E-state index in [0.29, 0.717) is 44.4 Å². The molecule has 1 saturated heterocycles. The first-order valence-electron chi connectivity index (χ1n) is 16.7. The lowest BCUT2D eigenvalue weighted by atomic mass is 9.87. The van der Waals surface area contributed by atoms with Crippen LogP contribution in [-0.2, 0) is 4.79 Å². The molecule has 2 aliphatic rings. The van der Waals surface area contributed by atoms with Crippen molar-refractivity contribution in [2.75, 3.05) is 32.8 Å². The number of unbranched alkanes of at least 4 members (excludes halogenated alkanes) is 1. The van der Waals surface area contributed by atoms with Gasteiger partial charge in [0, 0.05) is 24.9 Å². The van der Waals surface area contributed by atoms with Crippen molar-refractivity contribution in [3.63, 3.8) is 0 Å². The van der Waals surface area contributed by atoms with Gasteiger partial charge >= 0.3 is 0 Å². The monoisotopic (exact) mass is 592 g/mol. The number of hydrogen-bond acceptors (Lipinski definition) is 6. The minimum absolute atomic E-state index is 0.0752. The molecular formula is C36H52N2O5. The Kier molecular flexibility index (Phi) is 13.8. The molecule has 2 N–H and O–H groups in total. The number of aliphatic hydroxyl groups excluding tert-OH is 1. The zero-order chi connectivity index (χ0) is 30.3. The Labute approximate surface area is 258 Å². The largest absolute Gasteiger partial charge is 0.494 e. The molecule has 2 atom stereocenters. The number of likely N-dealkylation sites (tertiary alicyclic amines) is 1. The molecule has 1 saturated carbocycles. The first-order chi connectivity index (χ1) is 21.0. The topological polar surface area (TPSA) is 88.1 Å². The Hall–Kier alpha value is -2.90. The van der Waals surface area contributed by atoms with Gasteiger partial charge in [-0.3, -0.25) is 9.59 Å². The summed E-state index contributed by atoms with van der Waals surface area (Å²) in [5, 5.41) is 14.4. The number of benzene rings is 2. The molecule has 0 spiro atoms. The average molecular weight is 593 g/mol. The molecule has 1 heterocycles. The zero-order valence-electron chi connectivity index (χ0n) is 26.1. The molecule has 43 heavy (non-hydrogen) atoms. The first kappa shape index (κ1) is 33.0. The number of carbonyl (C=O) groups excluding carboxylic acids is 2. The fraction of sp³-hybridized carbons (Fsp3) is 0.611. The lowest BCUT2D eigenvalue weighted by Gasteiger charge is -2.29. The van der Waals surface area contributed by atoms with Crippen molar-refractivity contribution in [3.8, 4) is 11.5 Å². The van der Waals surface area contributed by atoms with Gasteiger partial charge in [-0.1, -0.05) is 51.2 Å². The van der Waals surface area contributed by atoms with Crippen LogP contribution in [0.25, 0.3) is 0 Å². The summed E-state index contributed by atoms with van der Waals surface area (Å²) in [6, 6.07) is 14.6. The van der Waals surface area contributed by atoms with E-state index >= 15 is 0 Å². The summed E-state index contributed by atoms with van der Waals surface area (Å²) < 4.78 is 11.6. The number of ketones is 1. The van der Waals surface area contributed by atoms with Gasteiger partial charge < -0.3 is 24.8 Å². The van der Waals surface area contributed by atoms with Crippen LogP contribution in [0.5, 0.6) is 11.5 Å². The first-order valence-corrected chi connectivity index (χ1v) is 16.7. The van der Waals surface area contributed by atoms with E-state index < -0.39 is 12.1 Å². The highest BCUT2D eigenvalue weighted by atomic mass is 16.5. The standard InChI is InChI=1S/C36H52N2O5/c1-2-25-42-31-18-14-29(15-19-31)34(39)12-6-7-13-35(40)37-33(27-38-23-8-9-24-38)36(41)30-16-20-32(21-17-30)43-26-22-28-10-4-3-5-11-28/h14-21,28,33,36,41H,2-13,22-27H2,1H3,(H,37,40)/t33-,36-/m1/s1. The number of carbonyl (C=O) groups is 2. The van der Waals surface area contributed by atoms with E-state index in [1.807, 2.05) is 36.4 Å². The lowest BCUT2D eigenvalue weighted by Crippen LogP contribution is -2.46. The number of aliphatic hydroxyl groups is 1. The van der Waals surface area contributed by atoms with E-state index in [1.165, 1.54) is 32.1 Å². The van der Waals surface area contributed by atoms with Crippen LogP contribution in [0.15, 0.2) is 48.5 Å². The van der Waals surface area contributed by atoms with Gasteiger partial charge in [0.25, 0.3) is 0 Å². The van der Waals surface area contributed by atoms with E-state index in [4.69, 9.17) is 9.47 Å². The lowest BCUT2D eigenvalue weighted by molar-refractivity contribution is -0.123. The van der Waals surface area contributed by atoms with Crippen LogP contribution in [0.4, 0.5) is 0 Å². The van der Waals surface area contributed by atoms with Crippen molar-refractivity contribution in [2.24, 2.45) is 5.92 Å². The fourth-order valence-corrected chi connectivity index (χ4v) is 6.23. The van der Waals surface area contributed by atoms with Gasteiger partial charge in [0.15, 0.2) is 5.78 Å². The van der Waals surface area contributed by atoms with Gasteiger partial charge in [0.1, 0.15) is 17.6 Å². The molecule has 236 valence electrons. The number of amides is 1. The molecule has 7 heteroatoms. The van der Waals surface area contributed by atoms with Gasteiger partial charge in [0.2, 0.25) is 5.91 Å². The number of rotatable bonds is 18. The Morgan fingerprint density at radius 3 is 2.16 bits per heavy atom. The smallest absolute Gasteiger partial charge is 0.220 e. The number of hydrogen-bond donors (Lipinski definition) is 2. The van der Waals surface area contributed by atoms with E-state index in [1.54, 1.807) is 12.1 Å². The maximum atomic E-state index is 12.9. The quantitative estimate of drug-likeness (QED) is 0.145. The highest BCUT2D eigenvalue weighted by molar-refractivity contribution is 5.96. The van der Waals surface area contributed by atoms with Gasteiger partial charge in [-0.2, -0.15) is 0 Å². The molecule has 4 rings (SSSR count). The Bertz CT molecular complexity index is 1090. The van der Waals surface area contributed by atoms with Crippen LogP contribution in [0.1, 0.15) is 112 Å². The van der Waals surface area contributed by atoms with E-state index in [2.05, 4.69) is 17.1 Å². The van der Waals surface area contributed by atoms with E-state index in [9.17, 15) is 14.7 Å². The molecule has 2 aromatic rings. The predicted octanol–water partition coefficient (Wildman–Crippen LogP) is 6.88.